The zero-order valence-electron chi connectivity index (χ0n) is 27.3. The number of H-pyrrole nitrogens is 2. The second-order valence-electron chi connectivity index (χ2n) is 11.2. The van der Waals surface area contributed by atoms with Gasteiger partial charge in [-0.05, 0) is 29.8 Å². The number of hydrogen-bond acceptors (Lipinski definition) is 14. The van der Waals surface area contributed by atoms with Gasteiger partial charge in [0, 0.05) is 42.5 Å². The van der Waals surface area contributed by atoms with Gasteiger partial charge in [-0.1, -0.05) is 0 Å². The van der Waals surface area contributed by atoms with Gasteiger partial charge >= 0.3 is 11.4 Å². The standard InChI is InChI=1S/C14H13N5O7S.C14H11N5O7S/c2*1-27(25,26)16-18-13(21)9-4-11(17-3-2-8(6-17)7-20)12(19(23)24)5-10(9)15-14(18)22/h2-6,16,20H,7H2,1H3,(H,15,22);2-7,16H,1H3,(H,15,22). The fraction of sp³-hybridized carbons (Fsp3) is 0.107. The number of carbonyl (C=O) groups excluding carboxylic acids is 1. The molecule has 4 aromatic heterocycles. The van der Waals surface area contributed by atoms with Crippen molar-refractivity contribution in [2.24, 2.45) is 0 Å². The van der Waals surface area contributed by atoms with Gasteiger partial charge in [-0.3, -0.25) is 34.6 Å². The van der Waals surface area contributed by atoms with Gasteiger partial charge in [-0.25, -0.2) is 36.1 Å². The van der Waals surface area contributed by atoms with E-state index in [2.05, 4.69) is 9.97 Å². The van der Waals surface area contributed by atoms with E-state index in [-0.39, 0.29) is 54.7 Å². The third kappa shape index (κ3) is 7.83. The van der Waals surface area contributed by atoms with Gasteiger partial charge in [0.15, 0.2) is 6.29 Å². The quantitative estimate of drug-likeness (QED) is 0.0638. The van der Waals surface area contributed by atoms with Gasteiger partial charge in [-0.15, -0.1) is 0 Å². The molecule has 0 aliphatic rings. The maximum Gasteiger partial charge on any atom is 0.348 e. The van der Waals surface area contributed by atoms with Gasteiger partial charge in [-0.2, -0.15) is 9.35 Å². The van der Waals surface area contributed by atoms with Crippen LogP contribution in [0.4, 0.5) is 11.4 Å². The Morgan fingerprint density at radius 2 is 1.17 bits per heavy atom. The maximum absolute atomic E-state index is 12.5. The second-order valence-corrected chi connectivity index (χ2v) is 14.7. The number of aldehydes is 1. The van der Waals surface area contributed by atoms with Gasteiger partial charge < -0.3 is 24.2 Å². The lowest BCUT2D eigenvalue weighted by Crippen LogP contribution is -2.43. The number of fused-ring (bicyclic) bond motifs is 2. The first-order valence-electron chi connectivity index (χ1n) is 14.5. The molecule has 5 N–H and O–H groups in total. The highest BCUT2D eigenvalue weighted by Crippen LogP contribution is 2.28. The van der Waals surface area contributed by atoms with Crippen LogP contribution >= 0.6 is 0 Å². The molecule has 0 bridgehead atoms. The number of aromatic nitrogens is 6. The fourth-order valence-corrected chi connectivity index (χ4v) is 6.00. The number of nitro benzene ring substituents is 2. The molecule has 0 aliphatic heterocycles. The largest absolute Gasteiger partial charge is 0.392 e. The minimum absolute atomic E-state index is 0.00209. The average molecular weight is 789 g/mol. The lowest BCUT2D eigenvalue weighted by molar-refractivity contribution is -0.384. The Labute approximate surface area is 298 Å². The Morgan fingerprint density at radius 1 is 0.741 bits per heavy atom. The Bertz CT molecular complexity index is 3010. The fourth-order valence-electron chi connectivity index (χ4n) is 5.00. The van der Waals surface area contributed by atoms with Crippen LogP contribution in [-0.2, 0) is 26.7 Å². The van der Waals surface area contributed by atoms with Crippen molar-refractivity contribution in [3.8, 4) is 11.4 Å². The number of aromatic amines is 2. The highest BCUT2D eigenvalue weighted by Gasteiger charge is 2.22. The monoisotopic (exact) mass is 788 g/mol. The van der Waals surface area contributed by atoms with Crippen molar-refractivity contribution in [3.05, 3.63) is 134 Å². The number of aliphatic hydroxyl groups is 1. The number of benzene rings is 2. The van der Waals surface area contributed by atoms with E-state index < -0.39 is 63.8 Å². The molecule has 2 aromatic carbocycles. The van der Waals surface area contributed by atoms with E-state index in [1.54, 1.807) is 9.66 Å². The molecular weight excluding hydrogens is 764 g/mol. The Morgan fingerprint density at radius 3 is 1.52 bits per heavy atom. The van der Waals surface area contributed by atoms with Crippen molar-refractivity contribution in [2.45, 2.75) is 6.61 Å². The lowest BCUT2D eigenvalue weighted by atomic mass is 10.2. The summed E-state index contributed by atoms with van der Waals surface area (Å²) in [6.45, 7) is -0.285. The predicted octanol–water partition coefficient (Wildman–Crippen LogP) is -0.912. The maximum atomic E-state index is 12.5. The van der Waals surface area contributed by atoms with Crippen LogP contribution in [0.5, 0.6) is 0 Å². The first-order valence-corrected chi connectivity index (χ1v) is 18.3. The van der Waals surface area contributed by atoms with Gasteiger partial charge in [0.25, 0.3) is 22.5 Å². The second kappa shape index (κ2) is 14.1. The molecule has 6 rings (SSSR count). The van der Waals surface area contributed by atoms with Crippen LogP contribution in [0.3, 0.4) is 0 Å². The molecule has 0 amide bonds. The molecular formula is C28H24N10O14S2. The molecule has 0 saturated heterocycles. The summed E-state index contributed by atoms with van der Waals surface area (Å²) in [4.78, 5) is 89.3. The van der Waals surface area contributed by atoms with Crippen molar-refractivity contribution in [3.63, 3.8) is 0 Å². The Hall–Kier alpha value is -7.19. The minimum atomic E-state index is -3.93. The van der Waals surface area contributed by atoms with Crippen molar-refractivity contribution < 1.29 is 36.6 Å². The number of aliphatic hydroxyl groups excluding tert-OH is 1. The Balaban J connectivity index is 0.000000208. The molecule has 0 spiro atoms. The van der Waals surface area contributed by atoms with Crippen LogP contribution in [-0.4, -0.2) is 79.0 Å². The first-order chi connectivity index (χ1) is 25.2. The van der Waals surface area contributed by atoms with Crippen LogP contribution in [0.25, 0.3) is 33.2 Å². The van der Waals surface area contributed by atoms with Gasteiger partial charge in [0.2, 0.25) is 20.0 Å². The topological polar surface area (TPSA) is 336 Å². The third-order valence-electron chi connectivity index (χ3n) is 7.24. The molecule has 6 aromatic rings. The van der Waals surface area contributed by atoms with E-state index in [4.69, 9.17) is 5.11 Å². The molecule has 26 heteroatoms. The number of rotatable bonds is 10. The molecule has 0 saturated carbocycles. The highest BCUT2D eigenvalue weighted by molar-refractivity contribution is 7.91. The summed E-state index contributed by atoms with van der Waals surface area (Å²) in [5.74, 6) is 0. The number of nitro groups is 2. The van der Waals surface area contributed by atoms with Gasteiger partial charge in [0.05, 0.1) is 50.8 Å². The average Bonchev–Trinajstić information content (AvgIpc) is 3.77. The molecule has 4 heterocycles. The SMILES string of the molecule is CS(=O)(=O)Nn1c(=O)[nH]c2cc([N+](=O)[O-])c(-n3ccc(C=O)c3)cc2c1=O.CS(=O)(=O)Nn1c(=O)[nH]c2cc([N+](=O)[O-])c(-n3ccc(CO)c3)cc2c1=O. The molecule has 282 valence electrons. The van der Waals surface area contributed by atoms with Crippen molar-refractivity contribution in [1.29, 1.82) is 0 Å². The molecule has 0 unspecified atom stereocenters. The summed E-state index contributed by atoms with van der Waals surface area (Å²) < 4.78 is 48.6. The molecule has 54 heavy (non-hydrogen) atoms. The number of nitrogens with zero attached hydrogens (tertiary/aromatic N) is 6. The summed E-state index contributed by atoms with van der Waals surface area (Å²) in [5, 5.41) is 31.7. The number of carbonyl (C=O) groups is 1. The van der Waals surface area contributed by atoms with Crippen LogP contribution in [0, 0.1) is 20.2 Å². The third-order valence-corrected chi connectivity index (χ3v) is 8.27. The van der Waals surface area contributed by atoms with Crippen molar-refractivity contribution in [2.75, 3.05) is 22.2 Å². The van der Waals surface area contributed by atoms with Crippen LogP contribution in [0.2, 0.25) is 0 Å². The summed E-state index contributed by atoms with van der Waals surface area (Å²) in [6.07, 6.45) is 7.67. The van der Waals surface area contributed by atoms with E-state index in [0.717, 1.165) is 36.8 Å². The van der Waals surface area contributed by atoms with E-state index in [1.807, 2.05) is 0 Å². The number of hydrogen-bond donors (Lipinski definition) is 5. The van der Waals surface area contributed by atoms with E-state index in [9.17, 15) is 61.0 Å². The first kappa shape index (κ1) is 38.1. The molecule has 0 radical (unpaired) electrons. The zero-order valence-corrected chi connectivity index (χ0v) is 28.9. The minimum Gasteiger partial charge on any atom is -0.392 e. The van der Waals surface area contributed by atoms with E-state index >= 15 is 0 Å². The van der Waals surface area contributed by atoms with Gasteiger partial charge in [0.1, 0.15) is 11.4 Å². The summed E-state index contributed by atoms with van der Waals surface area (Å²) in [7, 11) is -7.86. The smallest absolute Gasteiger partial charge is 0.348 e. The normalized spacial score (nSPS) is 11.5. The molecule has 0 fully saturated rings. The van der Waals surface area contributed by atoms with Crippen LogP contribution < -0.4 is 32.2 Å². The van der Waals surface area contributed by atoms with Crippen molar-refractivity contribution >= 4 is 59.5 Å². The highest BCUT2D eigenvalue weighted by atomic mass is 32.2. The summed E-state index contributed by atoms with van der Waals surface area (Å²) in [6, 6.07) is 7.23. The van der Waals surface area contributed by atoms with E-state index in [0.29, 0.717) is 11.8 Å². The molecule has 24 nitrogen and oxygen atoms in total. The van der Waals surface area contributed by atoms with Crippen molar-refractivity contribution in [1.82, 2.24) is 28.5 Å². The molecule has 0 atom stereocenters. The number of nitrogens with one attached hydrogen (secondary N) is 4. The van der Waals surface area contributed by atoms with E-state index in [1.165, 1.54) is 46.1 Å². The van der Waals surface area contributed by atoms with Crippen LogP contribution in [0.15, 0.2) is 80.4 Å². The summed E-state index contributed by atoms with van der Waals surface area (Å²) >= 11 is 0. The predicted molar refractivity (Wildman–Crippen MR) is 189 cm³/mol. The number of sulfonamides is 2. The van der Waals surface area contributed by atoms with Crippen LogP contribution in [0.1, 0.15) is 15.9 Å². The summed E-state index contributed by atoms with van der Waals surface area (Å²) in [5.41, 5.74) is -4.61. The Kier molecular flexibility index (Phi) is 9.93. The molecule has 0 aliphatic carbocycles. The lowest BCUT2D eigenvalue weighted by Gasteiger charge is -2.09. The zero-order chi connectivity index (χ0) is 39.9.